The van der Waals surface area contributed by atoms with Gasteiger partial charge < -0.3 is 19.5 Å². The van der Waals surface area contributed by atoms with Crippen LogP contribution in [-0.2, 0) is 16.6 Å². The Morgan fingerprint density at radius 3 is 2.75 bits per heavy atom. The summed E-state index contributed by atoms with van der Waals surface area (Å²) >= 11 is 0. The monoisotopic (exact) mass is 331 g/mol. The molecule has 0 saturated heterocycles. The van der Waals surface area contributed by atoms with Crippen molar-refractivity contribution < 1.29 is 23.8 Å². The zero-order valence-corrected chi connectivity index (χ0v) is 13.6. The molecular weight excluding hydrogens is 314 g/mol. The van der Waals surface area contributed by atoms with Crippen molar-refractivity contribution in [2.75, 3.05) is 18.7 Å². The Labute approximate surface area is 138 Å². The van der Waals surface area contributed by atoms with Crippen LogP contribution in [0.5, 0.6) is 11.5 Å². The number of anilines is 1. The summed E-state index contributed by atoms with van der Waals surface area (Å²) in [6, 6.07) is 4.71. The number of nitrogens with zero attached hydrogens (tertiary/aromatic N) is 2. The second kappa shape index (κ2) is 6.23. The maximum absolute atomic E-state index is 12.0. The molecule has 8 heteroatoms. The molecule has 0 aliphatic carbocycles. The first-order valence-corrected chi connectivity index (χ1v) is 7.32. The number of carbonyl (C=O) groups is 2. The molecule has 1 aromatic carbocycles. The number of rotatable bonds is 4. The first kappa shape index (κ1) is 15.9. The molecule has 1 aromatic heterocycles. The van der Waals surface area contributed by atoms with Gasteiger partial charge in [0.1, 0.15) is 0 Å². The number of hydrogen-bond acceptors (Lipinski definition) is 6. The van der Waals surface area contributed by atoms with Crippen LogP contribution in [0.2, 0.25) is 0 Å². The SMILES string of the molecule is Cc1nn(C)c(C)c1NC(=O)COC(=O)c1ccc2c(c1)OCO2. The molecule has 0 spiro atoms. The average molecular weight is 331 g/mol. The summed E-state index contributed by atoms with van der Waals surface area (Å²) in [7, 11) is 1.79. The van der Waals surface area contributed by atoms with Crippen LogP contribution in [-0.4, -0.2) is 35.1 Å². The molecule has 8 nitrogen and oxygen atoms in total. The Morgan fingerprint density at radius 2 is 2.04 bits per heavy atom. The first-order valence-electron chi connectivity index (χ1n) is 7.32. The summed E-state index contributed by atoms with van der Waals surface area (Å²) in [5.41, 5.74) is 2.44. The number of carbonyl (C=O) groups excluding carboxylic acids is 2. The second-order valence-corrected chi connectivity index (χ2v) is 5.36. The van der Waals surface area contributed by atoms with Crippen molar-refractivity contribution in [3.8, 4) is 11.5 Å². The Bertz CT molecular complexity index is 812. The van der Waals surface area contributed by atoms with Gasteiger partial charge in [-0.25, -0.2) is 4.79 Å². The minimum atomic E-state index is -0.608. The maximum atomic E-state index is 12.0. The van der Waals surface area contributed by atoms with Crippen molar-refractivity contribution in [1.29, 1.82) is 0 Å². The van der Waals surface area contributed by atoms with Gasteiger partial charge in [0, 0.05) is 7.05 Å². The highest BCUT2D eigenvalue weighted by Crippen LogP contribution is 2.32. The van der Waals surface area contributed by atoms with E-state index >= 15 is 0 Å². The quantitative estimate of drug-likeness (QED) is 0.855. The van der Waals surface area contributed by atoms with Gasteiger partial charge in [0.2, 0.25) is 6.79 Å². The van der Waals surface area contributed by atoms with E-state index in [1.165, 1.54) is 6.07 Å². The predicted octanol–water partition coefficient (Wildman–Crippen LogP) is 1.56. The highest BCUT2D eigenvalue weighted by molar-refractivity contribution is 5.96. The first-order chi connectivity index (χ1) is 11.5. The summed E-state index contributed by atoms with van der Waals surface area (Å²) in [6.07, 6.45) is 0. The van der Waals surface area contributed by atoms with Crippen LogP contribution in [0, 0.1) is 13.8 Å². The fourth-order valence-electron chi connectivity index (χ4n) is 2.37. The van der Waals surface area contributed by atoms with E-state index in [-0.39, 0.29) is 13.4 Å². The van der Waals surface area contributed by atoms with Crippen LogP contribution >= 0.6 is 0 Å². The Morgan fingerprint density at radius 1 is 1.29 bits per heavy atom. The van der Waals surface area contributed by atoms with Crippen molar-refractivity contribution in [3.05, 3.63) is 35.2 Å². The fraction of sp³-hybridized carbons (Fsp3) is 0.312. The topological polar surface area (TPSA) is 91.7 Å². The van der Waals surface area contributed by atoms with Crippen molar-refractivity contribution >= 4 is 17.6 Å². The van der Waals surface area contributed by atoms with Gasteiger partial charge in [0.05, 0.1) is 22.6 Å². The molecule has 126 valence electrons. The van der Waals surface area contributed by atoms with Gasteiger partial charge in [-0.3, -0.25) is 9.48 Å². The fourth-order valence-corrected chi connectivity index (χ4v) is 2.37. The normalized spacial score (nSPS) is 12.1. The van der Waals surface area contributed by atoms with Crippen LogP contribution in [0.15, 0.2) is 18.2 Å². The van der Waals surface area contributed by atoms with Gasteiger partial charge in [0.25, 0.3) is 5.91 Å². The van der Waals surface area contributed by atoms with Gasteiger partial charge in [-0.2, -0.15) is 5.10 Å². The van der Waals surface area contributed by atoms with Crippen LogP contribution < -0.4 is 14.8 Å². The second-order valence-electron chi connectivity index (χ2n) is 5.36. The van der Waals surface area contributed by atoms with E-state index in [0.29, 0.717) is 28.4 Å². The lowest BCUT2D eigenvalue weighted by molar-refractivity contribution is -0.119. The molecule has 0 bridgehead atoms. The van der Waals surface area contributed by atoms with E-state index in [0.717, 1.165) is 5.69 Å². The highest BCUT2D eigenvalue weighted by atomic mass is 16.7. The van der Waals surface area contributed by atoms with Gasteiger partial charge in [-0.05, 0) is 32.0 Å². The standard InChI is InChI=1S/C16H17N3O5/c1-9-15(10(2)19(3)18-9)17-14(20)7-22-16(21)11-4-5-12-13(6-11)24-8-23-12/h4-6H,7-8H2,1-3H3,(H,17,20). The summed E-state index contributed by atoms with van der Waals surface area (Å²) < 4.78 is 17.1. The number of benzene rings is 1. The number of nitrogens with one attached hydrogen (secondary N) is 1. The molecule has 0 saturated carbocycles. The van der Waals surface area contributed by atoms with Crippen molar-refractivity contribution in [2.45, 2.75) is 13.8 Å². The molecule has 1 aliphatic rings. The summed E-state index contributed by atoms with van der Waals surface area (Å²) in [5, 5.41) is 6.91. The zero-order valence-electron chi connectivity index (χ0n) is 13.6. The third-order valence-electron chi connectivity index (χ3n) is 3.72. The summed E-state index contributed by atoms with van der Waals surface area (Å²) in [4.78, 5) is 24.0. The van der Waals surface area contributed by atoms with Crippen molar-refractivity contribution in [2.24, 2.45) is 7.05 Å². The van der Waals surface area contributed by atoms with E-state index in [1.807, 2.05) is 6.92 Å². The minimum Gasteiger partial charge on any atom is -0.454 e. The van der Waals surface area contributed by atoms with E-state index in [1.54, 1.807) is 30.8 Å². The number of aromatic nitrogens is 2. The highest BCUT2D eigenvalue weighted by Gasteiger charge is 2.18. The average Bonchev–Trinajstić information content (AvgIpc) is 3.12. The number of esters is 1. The smallest absolute Gasteiger partial charge is 0.338 e. The maximum Gasteiger partial charge on any atom is 0.338 e. The molecule has 2 heterocycles. The number of fused-ring (bicyclic) bond motifs is 1. The number of ether oxygens (including phenoxy) is 3. The molecule has 1 amide bonds. The third kappa shape index (κ3) is 3.03. The third-order valence-corrected chi connectivity index (χ3v) is 3.72. The molecule has 3 rings (SSSR count). The number of hydrogen-bond donors (Lipinski definition) is 1. The molecule has 24 heavy (non-hydrogen) atoms. The largest absolute Gasteiger partial charge is 0.454 e. The lowest BCUT2D eigenvalue weighted by Gasteiger charge is -2.07. The molecular formula is C16H17N3O5. The zero-order chi connectivity index (χ0) is 17.3. The van der Waals surface area contributed by atoms with E-state index in [9.17, 15) is 9.59 Å². The van der Waals surface area contributed by atoms with Gasteiger partial charge in [-0.1, -0.05) is 0 Å². The van der Waals surface area contributed by atoms with Gasteiger partial charge >= 0.3 is 5.97 Å². The van der Waals surface area contributed by atoms with Crippen LogP contribution in [0.3, 0.4) is 0 Å². The molecule has 1 aliphatic heterocycles. The van der Waals surface area contributed by atoms with Gasteiger partial charge in [0.15, 0.2) is 18.1 Å². The summed E-state index contributed by atoms with van der Waals surface area (Å²) in [6.45, 7) is 3.37. The van der Waals surface area contributed by atoms with Crippen molar-refractivity contribution in [1.82, 2.24) is 9.78 Å². The Hall–Kier alpha value is -3.03. The summed E-state index contributed by atoms with van der Waals surface area (Å²) in [5.74, 6) is 0.0220. The van der Waals surface area contributed by atoms with E-state index in [4.69, 9.17) is 14.2 Å². The molecule has 1 N–H and O–H groups in total. The van der Waals surface area contributed by atoms with Crippen LogP contribution in [0.1, 0.15) is 21.7 Å². The molecule has 0 radical (unpaired) electrons. The minimum absolute atomic E-state index is 0.125. The Kier molecular flexibility index (Phi) is 4.11. The van der Waals surface area contributed by atoms with Crippen LogP contribution in [0.25, 0.3) is 0 Å². The molecule has 0 atom stereocenters. The van der Waals surface area contributed by atoms with E-state index in [2.05, 4.69) is 10.4 Å². The Balaban J connectivity index is 1.59. The molecule has 0 unspecified atom stereocenters. The number of aryl methyl sites for hydroxylation is 2. The van der Waals surface area contributed by atoms with Gasteiger partial charge in [-0.15, -0.1) is 0 Å². The predicted molar refractivity (Wildman–Crippen MR) is 84.2 cm³/mol. The molecule has 0 fully saturated rings. The van der Waals surface area contributed by atoms with E-state index < -0.39 is 11.9 Å². The molecule has 2 aromatic rings. The lowest BCUT2D eigenvalue weighted by atomic mass is 10.2. The van der Waals surface area contributed by atoms with Crippen LogP contribution in [0.4, 0.5) is 5.69 Å². The lowest BCUT2D eigenvalue weighted by Crippen LogP contribution is -2.21. The van der Waals surface area contributed by atoms with Crippen molar-refractivity contribution in [3.63, 3.8) is 0 Å². The number of amides is 1.